The van der Waals surface area contributed by atoms with Gasteiger partial charge in [-0.15, -0.1) is 0 Å². The molecular weight excluding hydrogens is 302 g/mol. The molecular formula is C19H23N3O2. The Morgan fingerprint density at radius 2 is 1.62 bits per heavy atom. The number of rotatable bonds is 4. The number of amides is 2. The van der Waals surface area contributed by atoms with Crippen LogP contribution >= 0.6 is 0 Å². The van der Waals surface area contributed by atoms with E-state index in [4.69, 9.17) is 0 Å². The van der Waals surface area contributed by atoms with Crippen LogP contribution in [0.25, 0.3) is 0 Å². The van der Waals surface area contributed by atoms with Gasteiger partial charge in [0.15, 0.2) is 0 Å². The molecule has 2 amide bonds. The highest BCUT2D eigenvalue weighted by Crippen LogP contribution is 2.20. The normalized spacial score (nSPS) is 10.6. The second-order valence-electron chi connectivity index (χ2n) is 6.22. The molecule has 0 saturated carbocycles. The molecule has 0 spiro atoms. The van der Waals surface area contributed by atoms with E-state index in [1.54, 1.807) is 24.3 Å². The van der Waals surface area contributed by atoms with E-state index in [-0.39, 0.29) is 17.7 Å². The lowest BCUT2D eigenvalue weighted by Gasteiger charge is -2.12. The van der Waals surface area contributed by atoms with Crippen LogP contribution in [0.4, 0.5) is 11.4 Å². The fraction of sp³-hybridized carbons (Fsp3) is 0.316. The SMILES string of the molecule is Cc1cc(C)c(NC(=O)c2ccc(NC(=O)C(C)C)cc2)c(C)n1. The Hall–Kier alpha value is -2.69. The van der Waals surface area contributed by atoms with Crippen molar-refractivity contribution < 1.29 is 9.59 Å². The van der Waals surface area contributed by atoms with Gasteiger partial charge in [0.25, 0.3) is 5.91 Å². The Labute approximate surface area is 142 Å². The number of benzene rings is 1. The van der Waals surface area contributed by atoms with Gasteiger partial charge >= 0.3 is 0 Å². The Morgan fingerprint density at radius 1 is 1.00 bits per heavy atom. The number of aromatic nitrogens is 1. The quantitative estimate of drug-likeness (QED) is 0.897. The van der Waals surface area contributed by atoms with Crippen LogP contribution in [-0.2, 0) is 4.79 Å². The van der Waals surface area contributed by atoms with Gasteiger partial charge in [0.05, 0.1) is 11.4 Å². The standard InChI is InChI=1S/C19H23N3O2/c1-11(2)18(23)21-16-8-6-15(7-9-16)19(24)22-17-12(3)10-13(4)20-14(17)5/h6-11H,1-5H3,(H,21,23)(H,22,24). The Morgan fingerprint density at radius 3 is 2.17 bits per heavy atom. The Balaban J connectivity index is 2.12. The average molecular weight is 325 g/mol. The van der Waals surface area contributed by atoms with E-state index in [0.29, 0.717) is 11.3 Å². The lowest BCUT2D eigenvalue weighted by molar-refractivity contribution is -0.118. The van der Waals surface area contributed by atoms with Crippen LogP contribution in [0.2, 0.25) is 0 Å². The molecule has 2 N–H and O–H groups in total. The minimum Gasteiger partial charge on any atom is -0.326 e. The molecule has 5 heteroatoms. The number of carbonyl (C=O) groups excluding carboxylic acids is 2. The van der Waals surface area contributed by atoms with Crippen molar-refractivity contribution in [1.82, 2.24) is 4.98 Å². The number of nitrogens with one attached hydrogen (secondary N) is 2. The highest BCUT2D eigenvalue weighted by molar-refractivity contribution is 6.05. The van der Waals surface area contributed by atoms with E-state index in [1.165, 1.54) is 0 Å². The summed E-state index contributed by atoms with van der Waals surface area (Å²) in [5.41, 5.74) is 4.64. The average Bonchev–Trinajstić information content (AvgIpc) is 2.51. The summed E-state index contributed by atoms with van der Waals surface area (Å²) in [7, 11) is 0. The molecule has 5 nitrogen and oxygen atoms in total. The van der Waals surface area contributed by atoms with Gasteiger partial charge in [-0.2, -0.15) is 0 Å². The fourth-order valence-corrected chi connectivity index (χ4v) is 2.39. The Kier molecular flexibility index (Phi) is 5.34. The second-order valence-corrected chi connectivity index (χ2v) is 6.22. The maximum Gasteiger partial charge on any atom is 0.255 e. The molecule has 0 bridgehead atoms. The highest BCUT2D eigenvalue weighted by atomic mass is 16.2. The first kappa shape index (κ1) is 17.7. The number of aryl methyl sites for hydroxylation is 3. The summed E-state index contributed by atoms with van der Waals surface area (Å²) in [6, 6.07) is 8.77. The summed E-state index contributed by atoms with van der Waals surface area (Å²) in [4.78, 5) is 28.5. The van der Waals surface area contributed by atoms with Gasteiger partial charge in [0, 0.05) is 22.9 Å². The van der Waals surface area contributed by atoms with Crippen LogP contribution in [0, 0.1) is 26.7 Å². The van der Waals surface area contributed by atoms with Crippen molar-refractivity contribution in [3.05, 3.63) is 52.8 Å². The van der Waals surface area contributed by atoms with Gasteiger partial charge < -0.3 is 10.6 Å². The van der Waals surface area contributed by atoms with Crippen molar-refractivity contribution in [2.75, 3.05) is 10.6 Å². The van der Waals surface area contributed by atoms with Gasteiger partial charge in [-0.05, 0) is 56.7 Å². The molecule has 2 rings (SSSR count). The maximum atomic E-state index is 12.4. The first-order valence-electron chi connectivity index (χ1n) is 7.95. The summed E-state index contributed by atoms with van der Waals surface area (Å²) in [5, 5.41) is 5.71. The zero-order chi connectivity index (χ0) is 17.9. The lowest BCUT2D eigenvalue weighted by Crippen LogP contribution is -2.18. The third-order valence-electron chi connectivity index (χ3n) is 3.70. The molecule has 1 heterocycles. The molecule has 1 aromatic carbocycles. The lowest BCUT2D eigenvalue weighted by atomic mass is 10.1. The van der Waals surface area contributed by atoms with E-state index in [9.17, 15) is 9.59 Å². The monoisotopic (exact) mass is 325 g/mol. The van der Waals surface area contributed by atoms with Crippen LogP contribution in [-0.4, -0.2) is 16.8 Å². The van der Waals surface area contributed by atoms with Gasteiger partial charge in [0.1, 0.15) is 0 Å². The molecule has 1 aromatic heterocycles. The van der Waals surface area contributed by atoms with Gasteiger partial charge in [-0.25, -0.2) is 0 Å². The minimum atomic E-state index is -0.200. The summed E-state index contributed by atoms with van der Waals surface area (Å²) in [6.45, 7) is 9.41. The van der Waals surface area contributed by atoms with Crippen molar-refractivity contribution in [3.8, 4) is 0 Å². The summed E-state index contributed by atoms with van der Waals surface area (Å²) in [6.07, 6.45) is 0. The molecule has 0 radical (unpaired) electrons. The number of nitrogens with zero attached hydrogens (tertiary/aromatic N) is 1. The van der Waals surface area contributed by atoms with Crippen LogP contribution in [0.15, 0.2) is 30.3 Å². The second kappa shape index (κ2) is 7.25. The maximum absolute atomic E-state index is 12.4. The van der Waals surface area contributed by atoms with E-state index in [0.717, 1.165) is 22.6 Å². The fourth-order valence-electron chi connectivity index (χ4n) is 2.39. The molecule has 0 aliphatic rings. The van der Waals surface area contributed by atoms with Crippen LogP contribution in [0.3, 0.4) is 0 Å². The minimum absolute atomic E-state index is 0.0517. The molecule has 0 aliphatic heterocycles. The first-order valence-corrected chi connectivity index (χ1v) is 7.95. The molecule has 0 unspecified atom stereocenters. The Bertz CT molecular complexity index is 742. The first-order chi connectivity index (χ1) is 11.3. The van der Waals surface area contributed by atoms with Gasteiger partial charge in [-0.3, -0.25) is 14.6 Å². The molecule has 0 aliphatic carbocycles. The third-order valence-corrected chi connectivity index (χ3v) is 3.70. The van der Waals surface area contributed by atoms with Crippen molar-refractivity contribution in [1.29, 1.82) is 0 Å². The largest absolute Gasteiger partial charge is 0.326 e. The number of carbonyl (C=O) groups is 2. The van der Waals surface area contributed by atoms with Crippen molar-refractivity contribution >= 4 is 23.2 Å². The van der Waals surface area contributed by atoms with E-state index < -0.39 is 0 Å². The smallest absolute Gasteiger partial charge is 0.255 e. The van der Waals surface area contributed by atoms with Gasteiger partial charge in [0.2, 0.25) is 5.91 Å². The number of hydrogen-bond acceptors (Lipinski definition) is 3. The van der Waals surface area contributed by atoms with Crippen LogP contribution in [0.5, 0.6) is 0 Å². The van der Waals surface area contributed by atoms with Crippen LogP contribution in [0.1, 0.15) is 41.2 Å². The van der Waals surface area contributed by atoms with E-state index >= 15 is 0 Å². The highest BCUT2D eigenvalue weighted by Gasteiger charge is 2.12. The molecule has 0 fully saturated rings. The summed E-state index contributed by atoms with van der Waals surface area (Å²) >= 11 is 0. The number of pyridine rings is 1. The van der Waals surface area contributed by atoms with Crippen molar-refractivity contribution in [2.24, 2.45) is 5.92 Å². The molecule has 24 heavy (non-hydrogen) atoms. The predicted molar refractivity (Wildman–Crippen MR) is 96.3 cm³/mol. The van der Waals surface area contributed by atoms with Crippen molar-refractivity contribution in [3.63, 3.8) is 0 Å². The van der Waals surface area contributed by atoms with Crippen molar-refractivity contribution in [2.45, 2.75) is 34.6 Å². The van der Waals surface area contributed by atoms with E-state index in [2.05, 4.69) is 15.6 Å². The molecule has 126 valence electrons. The zero-order valence-corrected chi connectivity index (χ0v) is 14.7. The van der Waals surface area contributed by atoms with Crippen LogP contribution < -0.4 is 10.6 Å². The zero-order valence-electron chi connectivity index (χ0n) is 14.7. The van der Waals surface area contributed by atoms with Gasteiger partial charge in [-0.1, -0.05) is 13.8 Å². The number of anilines is 2. The third kappa shape index (κ3) is 4.19. The predicted octanol–water partition coefficient (Wildman–Crippen LogP) is 3.85. The molecule has 0 saturated heterocycles. The topological polar surface area (TPSA) is 71.1 Å². The summed E-state index contributed by atoms with van der Waals surface area (Å²) in [5.74, 6) is -0.342. The summed E-state index contributed by atoms with van der Waals surface area (Å²) < 4.78 is 0. The van der Waals surface area contributed by atoms with E-state index in [1.807, 2.05) is 40.7 Å². The molecule has 2 aromatic rings. The number of hydrogen-bond donors (Lipinski definition) is 2. The molecule has 0 atom stereocenters.